The lowest BCUT2D eigenvalue weighted by Gasteiger charge is -2.31. The number of halogens is 2. The van der Waals surface area contributed by atoms with E-state index in [-0.39, 0.29) is 6.42 Å². The molecule has 1 atom stereocenters. The van der Waals surface area contributed by atoms with Crippen LogP contribution in [0.3, 0.4) is 0 Å². The third-order valence-corrected chi connectivity index (χ3v) is 2.88. The van der Waals surface area contributed by atoms with Gasteiger partial charge in [-0.1, -0.05) is 45.4 Å². The van der Waals surface area contributed by atoms with Gasteiger partial charge in [-0.25, -0.2) is 0 Å². The molecule has 0 rings (SSSR count). The van der Waals surface area contributed by atoms with Gasteiger partial charge in [-0.2, -0.15) is 8.78 Å². The minimum absolute atomic E-state index is 0.115. The highest BCUT2D eigenvalue weighted by molar-refractivity contribution is 4.86. The van der Waals surface area contributed by atoms with E-state index in [9.17, 15) is 13.9 Å². The van der Waals surface area contributed by atoms with Crippen LogP contribution in [0.25, 0.3) is 0 Å². The summed E-state index contributed by atoms with van der Waals surface area (Å²) in [5.41, 5.74) is 0. The van der Waals surface area contributed by atoms with E-state index in [2.05, 4.69) is 6.92 Å². The maximum atomic E-state index is 13.2. The Morgan fingerprint density at radius 1 is 1.00 bits per heavy atom. The summed E-state index contributed by atoms with van der Waals surface area (Å²) in [7, 11) is 0. The number of alkyl halides is 2. The van der Waals surface area contributed by atoms with Gasteiger partial charge in [0.15, 0.2) is 0 Å². The van der Waals surface area contributed by atoms with Crippen LogP contribution in [0.2, 0.25) is 0 Å². The summed E-state index contributed by atoms with van der Waals surface area (Å²) in [4.78, 5) is 0. The molecular weight excluding hydrogens is 230 g/mol. The molecule has 0 saturated carbocycles. The van der Waals surface area contributed by atoms with E-state index in [4.69, 9.17) is 10.2 Å². The first-order valence-electron chi connectivity index (χ1n) is 6.24. The van der Waals surface area contributed by atoms with E-state index in [0.717, 1.165) is 32.1 Å². The first kappa shape index (κ1) is 16.7. The van der Waals surface area contributed by atoms with Crippen molar-refractivity contribution in [2.24, 2.45) is 0 Å². The fourth-order valence-corrected chi connectivity index (χ4v) is 1.61. The first-order chi connectivity index (χ1) is 7.73. The van der Waals surface area contributed by atoms with Crippen molar-refractivity contribution in [1.82, 2.24) is 0 Å². The summed E-state index contributed by atoms with van der Waals surface area (Å²) >= 11 is 0. The van der Waals surface area contributed by atoms with E-state index in [0.29, 0.717) is 13.3 Å². The number of aliphatic hydroxyl groups excluding tert-OH is 1. The molecule has 104 valence electrons. The minimum Gasteiger partial charge on any atom is -0.387 e. The van der Waals surface area contributed by atoms with Gasteiger partial charge in [0.2, 0.25) is 5.79 Å². The van der Waals surface area contributed by atoms with Gasteiger partial charge in [0.1, 0.15) is 6.10 Å². The first-order valence-corrected chi connectivity index (χ1v) is 6.24. The maximum Gasteiger partial charge on any atom is 0.325 e. The summed E-state index contributed by atoms with van der Waals surface area (Å²) in [6.45, 7) is 2.67. The second kappa shape index (κ2) is 7.24. The van der Waals surface area contributed by atoms with Gasteiger partial charge in [0.05, 0.1) is 0 Å². The third-order valence-electron chi connectivity index (χ3n) is 2.88. The van der Waals surface area contributed by atoms with Gasteiger partial charge in [-0.3, -0.25) is 0 Å². The zero-order valence-corrected chi connectivity index (χ0v) is 10.6. The molecule has 0 spiro atoms. The van der Waals surface area contributed by atoms with Gasteiger partial charge < -0.3 is 15.3 Å². The molecule has 0 amide bonds. The molecule has 0 fully saturated rings. The number of rotatable bonds is 9. The Labute approximate surface area is 101 Å². The number of hydrogen-bond donors (Lipinski definition) is 3. The van der Waals surface area contributed by atoms with Crippen molar-refractivity contribution in [1.29, 1.82) is 0 Å². The molecule has 5 heteroatoms. The van der Waals surface area contributed by atoms with Crippen molar-refractivity contribution >= 4 is 0 Å². The minimum atomic E-state index is -3.89. The monoisotopic (exact) mass is 254 g/mol. The summed E-state index contributed by atoms with van der Waals surface area (Å²) in [6.07, 6.45) is 3.40. The van der Waals surface area contributed by atoms with Crippen molar-refractivity contribution in [3.8, 4) is 0 Å². The normalized spacial score (nSPS) is 15.0. The summed E-state index contributed by atoms with van der Waals surface area (Å²) in [6, 6.07) is 0. The smallest absolute Gasteiger partial charge is 0.325 e. The van der Waals surface area contributed by atoms with Crippen LogP contribution in [-0.4, -0.2) is 33.1 Å². The van der Waals surface area contributed by atoms with E-state index in [1.807, 2.05) is 0 Å². The molecule has 0 aromatic carbocycles. The molecule has 0 aromatic heterocycles. The van der Waals surface area contributed by atoms with Gasteiger partial charge in [0.25, 0.3) is 0 Å². The molecule has 17 heavy (non-hydrogen) atoms. The zero-order valence-electron chi connectivity index (χ0n) is 10.6. The number of unbranched alkanes of at least 4 members (excludes halogenated alkanes) is 5. The largest absolute Gasteiger partial charge is 0.387 e. The summed E-state index contributed by atoms with van der Waals surface area (Å²) in [5.74, 6) is -7.06. The predicted octanol–water partition coefficient (Wildman–Crippen LogP) is 2.43. The molecule has 0 bridgehead atoms. The highest BCUT2D eigenvalue weighted by Gasteiger charge is 2.53. The number of aliphatic hydroxyl groups is 3. The Hall–Kier alpha value is -0.260. The molecule has 0 aromatic rings. The second-order valence-electron chi connectivity index (χ2n) is 4.72. The fraction of sp³-hybridized carbons (Fsp3) is 1.00. The maximum absolute atomic E-state index is 13.2. The molecule has 0 aliphatic heterocycles. The van der Waals surface area contributed by atoms with Crippen LogP contribution in [-0.2, 0) is 0 Å². The molecule has 0 saturated heterocycles. The van der Waals surface area contributed by atoms with Crippen molar-refractivity contribution in [3.63, 3.8) is 0 Å². The highest BCUT2D eigenvalue weighted by Crippen LogP contribution is 2.32. The van der Waals surface area contributed by atoms with Crippen molar-refractivity contribution in [3.05, 3.63) is 0 Å². The van der Waals surface area contributed by atoms with Crippen LogP contribution < -0.4 is 0 Å². The van der Waals surface area contributed by atoms with E-state index < -0.39 is 17.8 Å². The summed E-state index contributed by atoms with van der Waals surface area (Å²) in [5, 5.41) is 26.9. The van der Waals surface area contributed by atoms with Crippen LogP contribution >= 0.6 is 0 Å². The molecule has 0 aliphatic carbocycles. The summed E-state index contributed by atoms with van der Waals surface area (Å²) < 4.78 is 26.4. The molecule has 0 aliphatic rings. The van der Waals surface area contributed by atoms with Gasteiger partial charge in [0, 0.05) is 0 Å². The average Bonchev–Trinajstić information content (AvgIpc) is 2.21. The topological polar surface area (TPSA) is 60.7 Å². The Bertz CT molecular complexity index is 202. The Kier molecular flexibility index (Phi) is 7.13. The van der Waals surface area contributed by atoms with Gasteiger partial charge in [-0.05, 0) is 13.3 Å². The lowest BCUT2D eigenvalue weighted by Crippen LogP contribution is -2.53. The van der Waals surface area contributed by atoms with E-state index in [1.54, 1.807) is 0 Å². The molecule has 3 nitrogen and oxygen atoms in total. The lowest BCUT2D eigenvalue weighted by atomic mass is 9.99. The average molecular weight is 254 g/mol. The molecular formula is C12H24F2O3. The van der Waals surface area contributed by atoms with E-state index in [1.165, 1.54) is 0 Å². The lowest BCUT2D eigenvalue weighted by molar-refractivity contribution is -0.314. The molecule has 1 unspecified atom stereocenters. The van der Waals surface area contributed by atoms with Crippen LogP contribution in [0.4, 0.5) is 8.78 Å². The zero-order chi connectivity index (χ0) is 13.5. The van der Waals surface area contributed by atoms with Crippen molar-refractivity contribution < 1.29 is 24.1 Å². The number of hydrogen-bond acceptors (Lipinski definition) is 3. The SMILES string of the molecule is CCCCCCCCC(O)C(F)(F)C(C)(O)O. The molecule has 3 N–H and O–H groups in total. The fourth-order valence-electron chi connectivity index (χ4n) is 1.61. The highest BCUT2D eigenvalue weighted by atomic mass is 19.3. The van der Waals surface area contributed by atoms with Crippen molar-refractivity contribution in [2.45, 2.75) is 76.6 Å². The van der Waals surface area contributed by atoms with Crippen LogP contribution in [0, 0.1) is 0 Å². The van der Waals surface area contributed by atoms with Gasteiger partial charge in [-0.15, -0.1) is 0 Å². The van der Waals surface area contributed by atoms with Crippen molar-refractivity contribution in [2.75, 3.05) is 0 Å². The standard InChI is InChI=1S/C12H24F2O3/c1-3-4-5-6-7-8-9-10(15)12(13,14)11(2,16)17/h10,15-17H,3-9H2,1-2H3. The molecule has 0 heterocycles. The Morgan fingerprint density at radius 3 is 1.94 bits per heavy atom. The van der Waals surface area contributed by atoms with Crippen LogP contribution in [0.1, 0.15) is 58.8 Å². The third kappa shape index (κ3) is 5.75. The van der Waals surface area contributed by atoms with Crippen LogP contribution in [0.15, 0.2) is 0 Å². The Balaban J connectivity index is 3.82. The second-order valence-corrected chi connectivity index (χ2v) is 4.72. The Morgan fingerprint density at radius 2 is 1.47 bits per heavy atom. The quantitative estimate of drug-likeness (QED) is 0.437. The van der Waals surface area contributed by atoms with E-state index >= 15 is 0 Å². The molecule has 0 radical (unpaired) electrons. The predicted molar refractivity (Wildman–Crippen MR) is 61.8 cm³/mol. The van der Waals surface area contributed by atoms with Gasteiger partial charge >= 0.3 is 5.92 Å². The van der Waals surface area contributed by atoms with Crippen LogP contribution in [0.5, 0.6) is 0 Å².